The molecule has 0 aromatic carbocycles. The van der Waals surface area contributed by atoms with Crippen LogP contribution in [0.2, 0.25) is 0 Å². The van der Waals surface area contributed by atoms with Gasteiger partial charge in [0.05, 0.1) is 18.7 Å². The minimum Gasteiger partial charge on any atom is -0.462 e. The van der Waals surface area contributed by atoms with Crippen LogP contribution in [-0.4, -0.2) is 72.7 Å². The second-order valence-corrected chi connectivity index (χ2v) is 9.56. The molecule has 1 aromatic heterocycles. The predicted octanol–water partition coefficient (Wildman–Crippen LogP) is 3.29. The Morgan fingerprint density at radius 3 is 2.40 bits per heavy atom. The first-order valence-corrected chi connectivity index (χ1v) is 11.3. The summed E-state index contributed by atoms with van der Waals surface area (Å²) in [6.45, 7) is 10.0. The van der Waals surface area contributed by atoms with E-state index < -0.39 is 5.60 Å². The fourth-order valence-corrected chi connectivity index (χ4v) is 4.40. The van der Waals surface area contributed by atoms with Gasteiger partial charge in [0.25, 0.3) is 0 Å². The van der Waals surface area contributed by atoms with Gasteiger partial charge >= 0.3 is 12.1 Å². The van der Waals surface area contributed by atoms with E-state index in [4.69, 9.17) is 9.47 Å². The number of thiophene rings is 1. The van der Waals surface area contributed by atoms with E-state index in [1.54, 1.807) is 11.8 Å². The third-order valence-electron chi connectivity index (χ3n) is 4.96. The first kappa shape index (κ1) is 22.6. The van der Waals surface area contributed by atoms with E-state index in [1.165, 1.54) is 11.3 Å². The zero-order valence-electron chi connectivity index (χ0n) is 18.2. The normalized spacial score (nSPS) is 17.5. The fraction of sp³-hybridized carbons (Fsp3) is 0.667. The maximum Gasteiger partial charge on any atom is 0.410 e. The average Bonchev–Trinajstić information content (AvgIpc) is 3.41. The van der Waals surface area contributed by atoms with Crippen molar-refractivity contribution in [1.29, 1.82) is 0 Å². The Balaban J connectivity index is 1.53. The van der Waals surface area contributed by atoms with Gasteiger partial charge in [0, 0.05) is 26.2 Å². The van der Waals surface area contributed by atoms with Crippen LogP contribution in [0, 0.1) is 0 Å². The van der Waals surface area contributed by atoms with Crippen molar-refractivity contribution in [1.82, 2.24) is 9.80 Å². The van der Waals surface area contributed by atoms with Crippen molar-refractivity contribution in [2.75, 3.05) is 44.6 Å². The number of piperazine rings is 1. The van der Waals surface area contributed by atoms with Gasteiger partial charge in [0.2, 0.25) is 5.91 Å². The van der Waals surface area contributed by atoms with E-state index in [0.717, 1.165) is 18.4 Å². The minimum atomic E-state index is -0.523. The van der Waals surface area contributed by atoms with E-state index in [0.29, 0.717) is 49.3 Å². The van der Waals surface area contributed by atoms with Gasteiger partial charge in [0.15, 0.2) is 0 Å². The Labute approximate surface area is 181 Å². The molecule has 0 radical (unpaired) electrons. The molecule has 3 rings (SSSR count). The van der Waals surface area contributed by atoms with Crippen molar-refractivity contribution in [2.45, 2.75) is 52.1 Å². The van der Waals surface area contributed by atoms with Crippen LogP contribution in [0.15, 0.2) is 5.38 Å². The van der Waals surface area contributed by atoms with E-state index in [-0.39, 0.29) is 24.5 Å². The van der Waals surface area contributed by atoms with Crippen molar-refractivity contribution in [3.8, 4) is 0 Å². The maximum absolute atomic E-state index is 12.6. The van der Waals surface area contributed by atoms with Crippen molar-refractivity contribution in [3.63, 3.8) is 0 Å². The number of nitrogens with one attached hydrogen (secondary N) is 1. The highest BCUT2D eigenvalue weighted by Crippen LogP contribution is 2.46. The zero-order valence-corrected chi connectivity index (χ0v) is 19.0. The number of ether oxygens (including phenoxy) is 2. The van der Waals surface area contributed by atoms with Crippen molar-refractivity contribution >= 4 is 34.3 Å². The first-order chi connectivity index (χ1) is 14.2. The largest absolute Gasteiger partial charge is 0.462 e. The molecule has 1 aliphatic carbocycles. The Kier molecular flexibility index (Phi) is 7.02. The van der Waals surface area contributed by atoms with Crippen LogP contribution in [0.4, 0.5) is 9.80 Å². The molecule has 9 heteroatoms. The third kappa shape index (κ3) is 5.95. The molecule has 1 aliphatic heterocycles. The number of nitrogens with zero attached hydrogens (tertiary/aromatic N) is 2. The molecule has 0 spiro atoms. The highest BCUT2D eigenvalue weighted by molar-refractivity contribution is 7.15. The summed E-state index contributed by atoms with van der Waals surface area (Å²) in [5.74, 6) is -0.148. The maximum atomic E-state index is 12.6. The summed E-state index contributed by atoms with van der Waals surface area (Å²) in [7, 11) is 0. The molecule has 2 amide bonds. The summed E-state index contributed by atoms with van der Waals surface area (Å²) in [6, 6.07) is 0. The second kappa shape index (κ2) is 9.34. The summed E-state index contributed by atoms with van der Waals surface area (Å²) >= 11 is 1.38. The Morgan fingerprint density at radius 2 is 1.83 bits per heavy atom. The van der Waals surface area contributed by atoms with E-state index in [1.807, 2.05) is 31.1 Å². The molecule has 0 unspecified atom stereocenters. The number of amides is 2. The molecule has 8 nitrogen and oxygen atoms in total. The summed E-state index contributed by atoms with van der Waals surface area (Å²) in [5.41, 5.74) is 0.970. The number of rotatable bonds is 6. The smallest absolute Gasteiger partial charge is 0.410 e. The Bertz CT molecular complexity index is 789. The first-order valence-electron chi connectivity index (χ1n) is 10.5. The van der Waals surface area contributed by atoms with Gasteiger partial charge in [-0.3, -0.25) is 9.69 Å². The van der Waals surface area contributed by atoms with Gasteiger partial charge < -0.3 is 19.7 Å². The van der Waals surface area contributed by atoms with Crippen LogP contribution < -0.4 is 5.32 Å². The zero-order chi connectivity index (χ0) is 21.9. The number of hydrogen-bond donors (Lipinski definition) is 1. The molecule has 2 heterocycles. The summed E-state index contributed by atoms with van der Waals surface area (Å²) in [6.07, 6.45) is 1.81. The Hall–Kier alpha value is -2.13. The van der Waals surface area contributed by atoms with Crippen LogP contribution in [0.25, 0.3) is 0 Å². The molecule has 2 aliphatic rings. The molecule has 1 saturated heterocycles. The van der Waals surface area contributed by atoms with Crippen LogP contribution in [0.1, 0.15) is 62.4 Å². The summed E-state index contributed by atoms with van der Waals surface area (Å²) in [4.78, 5) is 40.9. The number of carbonyl (C=O) groups excluding carboxylic acids is 3. The van der Waals surface area contributed by atoms with E-state index in [9.17, 15) is 14.4 Å². The lowest BCUT2D eigenvalue weighted by Crippen LogP contribution is -2.51. The number of anilines is 1. The topological polar surface area (TPSA) is 88.2 Å². The van der Waals surface area contributed by atoms with Crippen molar-refractivity contribution < 1.29 is 23.9 Å². The molecule has 166 valence electrons. The highest BCUT2D eigenvalue weighted by atomic mass is 32.1. The van der Waals surface area contributed by atoms with Crippen molar-refractivity contribution in [2.24, 2.45) is 0 Å². The van der Waals surface area contributed by atoms with Gasteiger partial charge in [-0.05, 0) is 57.4 Å². The minimum absolute atomic E-state index is 0.171. The van der Waals surface area contributed by atoms with Gasteiger partial charge in [-0.15, -0.1) is 11.3 Å². The lowest BCUT2D eigenvalue weighted by molar-refractivity contribution is -0.117. The molecular weight excluding hydrogens is 406 g/mol. The standard InChI is InChI=1S/C21H31N3O5S/c1-5-28-19(26)17-15(14-6-7-14)13-30-18(17)22-16(25)12-23-8-10-24(11-9-23)20(27)29-21(2,3)4/h13-14H,5-12H2,1-4H3,(H,22,25). The molecule has 0 bridgehead atoms. The Morgan fingerprint density at radius 1 is 1.17 bits per heavy atom. The molecule has 30 heavy (non-hydrogen) atoms. The van der Waals surface area contributed by atoms with Crippen LogP contribution in [0.5, 0.6) is 0 Å². The van der Waals surface area contributed by atoms with Gasteiger partial charge in [-0.1, -0.05) is 0 Å². The number of carbonyl (C=O) groups is 3. The van der Waals surface area contributed by atoms with Crippen molar-refractivity contribution in [3.05, 3.63) is 16.5 Å². The SMILES string of the molecule is CCOC(=O)c1c(C2CC2)csc1NC(=O)CN1CCN(C(=O)OC(C)(C)C)CC1. The van der Waals surface area contributed by atoms with Crippen LogP contribution >= 0.6 is 11.3 Å². The molecule has 1 aromatic rings. The summed E-state index contributed by atoms with van der Waals surface area (Å²) < 4.78 is 10.6. The third-order valence-corrected chi connectivity index (χ3v) is 5.87. The van der Waals surface area contributed by atoms with Crippen LogP contribution in [-0.2, 0) is 14.3 Å². The molecule has 0 atom stereocenters. The molecule has 2 fully saturated rings. The van der Waals surface area contributed by atoms with Gasteiger partial charge in [0.1, 0.15) is 10.6 Å². The molecule has 1 saturated carbocycles. The van der Waals surface area contributed by atoms with Gasteiger partial charge in [-0.25, -0.2) is 9.59 Å². The van der Waals surface area contributed by atoms with E-state index >= 15 is 0 Å². The second-order valence-electron chi connectivity index (χ2n) is 8.68. The summed E-state index contributed by atoms with van der Waals surface area (Å²) in [5, 5.41) is 5.42. The highest BCUT2D eigenvalue weighted by Gasteiger charge is 2.33. The lowest BCUT2D eigenvalue weighted by atomic mass is 10.1. The fourth-order valence-electron chi connectivity index (χ4n) is 3.36. The predicted molar refractivity (Wildman–Crippen MR) is 115 cm³/mol. The average molecular weight is 438 g/mol. The molecular formula is C21H31N3O5S. The lowest BCUT2D eigenvalue weighted by Gasteiger charge is -2.35. The number of hydrogen-bond acceptors (Lipinski definition) is 7. The van der Waals surface area contributed by atoms with E-state index in [2.05, 4.69) is 5.32 Å². The number of esters is 1. The monoisotopic (exact) mass is 437 g/mol. The van der Waals surface area contributed by atoms with Gasteiger partial charge in [-0.2, -0.15) is 0 Å². The van der Waals surface area contributed by atoms with Crippen LogP contribution in [0.3, 0.4) is 0 Å². The quantitative estimate of drug-likeness (QED) is 0.687. The molecule has 1 N–H and O–H groups in total.